The van der Waals surface area contributed by atoms with Gasteiger partial charge in [0.2, 0.25) is 0 Å². The molecule has 0 radical (unpaired) electrons. The molecule has 1 aliphatic heterocycles. The van der Waals surface area contributed by atoms with Crippen LogP contribution in [0.2, 0.25) is 10.0 Å². The molecule has 1 unspecified atom stereocenters. The Kier molecular flexibility index (Phi) is 5.00. The Morgan fingerprint density at radius 1 is 1.00 bits per heavy atom. The second-order valence-electron chi connectivity index (χ2n) is 7.54. The van der Waals surface area contributed by atoms with Crippen molar-refractivity contribution >= 4 is 39.8 Å². The van der Waals surface area contributed by atoms with E-state index in [0.29, 0.717) is 33.2 Å². The van der Waals surface area contributed by atoms with Gasteiger partial charge in [-0.1, -0.05) is 59.1 Å². The summed E-state index contributed by atoms with van der Waals surface area (Å²) in [6.45, 7) is 2.02. The minimum Gasteiger partial charge on any atom is -0.299 e. The summed E-state index contributed by atoms with van der Waals surface area (Å²) in [7, 11) is 0. The van der Waals surface area contributed by atoms with Crippen LogP contribution in [0.25, 0.3) is 16.6 Å². The summed E-state index contributed by atoms with van der Waals surface area (Å²) in [5.41, 5.74) is 7.33. The molecule has 0 saturated heterocycles. The molecule has 3 aromatic carbocycles. The molecule has 154 valence electrons. The first kappa shape index (κ1) is 19.8. The number of halogens is 2. The molecule has 0 fully saturated rings. The van der Waals surface area contributed by atoms with E-state index in [0.717, 1.165) is 22.5 Å². The first-order chi connectivity index (χ1) is 15.0. The van der Waals surface area contributed by atoms with Gasteiger partial charge in [-0.3, -0.25) is 14.8 Å². The van der Waals surface area contributed by atoms with Crippen LogP contribution in [0.5, 0.6) is 0 Å². The van der Waals surface area contributed by atoms with E-state index in [4.69, 9.17) is 28.2 Å². The molecular formula is C24H18Cl2N4O. The molecule has 2 heterocycles. The van der Waals surface area contributed by atoms with Crippen molar-refractivity contribution in [2.75, 3.05) is 0 Å². The van der Waals surface area contributed by atoms with Crippen LogP contribution in [0.1, 0.15) is 29.4 Å². The summed E-state index contributed by atoms with van der Waals surface area (Å²) in [5, 5.41) is 6.06. The van der Waals surface area contributed by atoms with E-state index in [1.807, 2.05) is 55.5 Å². The zero-order chi connectivity index (χ0) is 21.5. The quantitative estimate of drug-likeness (QED) is 0.453. The molecule has 0 bridgehead atoms. The predicted octanol–water partition coefficient (Wildman–Crippen LogP) is 5.44. The third-order valence-electron chi connectivity index (χ3n) is 5.41. The van der Waals surface area contributed by atoms with Crippen molar-refractivity contribution in [2.24, 2.45) is 5.10 Å². The lowest BCUT2D eigenvalue weighted by atomic mass is 10.0. The van der Waals surface area contributed by atoms with Crippen molar-refractivity contribution in [3.05, 3.63) is 104 Å². The van der Waals surface area contributed by atoms with Crippen LogP contribution in [-0.2, 0) is 0 Å². The van der Waals surface area contributed by atoms with Crippen LogP contribution in [0.3, 0.4) is 0 Å². The van der Waals surface area contributed by atoms with E-state index in [1.54, 1.807) is 22.8 Å². The largest absolute Gasteiger partial charge is 0.299 e. The Bertz CT molecular complexity index is 1390. The molecule has 0 spiro atoms. The molecule has 1 N–H and O–H groups in total. The second kappa shape index (κ2) is 7.84. The van der Waals surface area contributed by atoms with E-state index in [2.05, 4.69) is 10.5 Å². The molecule has 1 aromatic heterocycles. The van der Waals surface area contributed by atoms with E-state index in [9.17, 15) is 4.79 Å². The lowest BCUT2D eigenvalue weighted by Crippen LogP contribution is -2.28. The summed E-state index contributed by atoms with van der Waals surface area (Å²) in [4.78, 5) is 18.3. The fraction of sp³-hybridized carbons (Fsp3) is 0.125. The average Bonchev–Trinajstić information content (AvgIpc) is 3.27. The molecule has 5 rings (SSSR count). The number of hydrogen-bond donors (Lipinski definition) is 1. The number of rotatable bonds is 3. The maximum atomic E-state index is 13.5. The van der Waals surface area contributed by atoms with Gasteiger partial charge in [0.1, 0.15) is 11.9 Å². The Balaban J connectivity index is 1.61. The van der Waals surface area contributed by atoms with Gasteiger partial charge in [0.05, 0.1) is 32.3 Å². The van der Waals surface area contributed by atoms with Gasteiger partial charge in [-0.25, -0.2) is 4.98 Å². The maximum absolute atomic E-state index is 13.5. The molecule has 0 saturated carbocycles. The highest BCUT2D eigenvalue weighted by Gasteiger charge is 2.27. The standard InChI is InChI=1S/C24H18Cl2N4O/c1-14-6-9-16(10-7-14)30-23(27-20-5-3-2-4-17(20)24(30)31)22-13-21(28-29-22)15-8-11-18(25)19(26)12-15/h2-12,22,29H,13H2,1H3. The number of benzene rings is 3. The van der Waals surface area contributed by atoms with Crippen molar-refractivity contribution in [2.45, 2.75) is 19.4 Å². The minimum absolute atomic E-state index is 0.103. The fourth-order valence-electron chi connectivity index (χ4n) is 3.77. The lowest BCUT2D eigenvalue weighted by Gasteiger charge is -2.18. The van der Waals surface area contributed by atoms with Crippen molar-refractivity contribution in [1.29, 1.82) is 0 Å². The predicted molar refractivity (Wildman–Crippen MR) is 126 cm³/mol. The van der Waals surface area contributed by atoms with Gasteiger partial charge in [-0.05, 0) is 48.9 Å². The Morgan fingerprint density at radius 2 is 1.77 bits per heavy atom. The van der Waals surface area contributed by atoms with Crippen molar-refractivity contribution in [3.8, 4) is 5.69 Å². The van der Waals surface area contributed by atoms with Gasteiger partial charge >= 0.3 is 0 Å². The SMILES string of the molecule is Cc1ccc(-n2c(C3CC(c4ccc(Cl)c(Cl)c4)=NN3)nc3ccccc3c2=O)cc1. The Morgan fingerprint density at radius 3 is 2.55 bits per heavy atom. The highest BCUT2D eigenvalue weighted by Crippen LogP contribution is 2.29. The topological polar surface area (TPSA) is 59.3 Å². The van der Waals surface area contributed by atoms with Crippen molar-refractivity contribution in [1.82, 2.24) is 15.0 Å². The number of hydrogen-bond acceptors (Lipinski definition) is 4. The summed E-state index contributed by atoms with van der Waals surface area (Å²) in [6.07, 6.45) is 0.564. The average molecular weight is 449 g/mol. The number of aryl methyl sites for hydroxylation is 1. The normalized spacial score (nSPS) is 15.7. The molecule has 31 heavy (non-hydrogen) atoms. The van der Waals surface area contributed by atoms with Gasteiger partial charge in [-0.15, -0.1) is 0 Å². The number of para-hydroxylation sites is 1. The van der Waals surface area contributed by atoms with Crippen LogP contribution in [-0.4, -0.2) is 15.3 Å². The lowest BCUT2D eigenvalue weighted by molar-refractivity contribution is 0.565. The van der Waals surface area contributed by atoms with Gasteiger partial charge in [0.25, 0.3) is 5.56 Å². The first-order valence-electron chi connectivity index (χ1n) is 9.87. The molecule has 7 heteroatoms. The molecule has 4 aromatic rings. The molecule has 5 nitrogen and oxygen atoms in total. The molecular weight excluding hydrogens is 431 g/mol. The zero-order valence-electron chi connectivity index (χ0n) is 16.6. The van der Waals surface area contributed by atoms with E-state index < -0.39 is 0 Å². The Labute approximate surface area is 189 Å². The minimum atomic E-state index is -0.261. The van der Waals surface area contributed by atoms with E-state index in [-0.39, 0.29) is 11.6 Å². The number of aromatic nitrogens is 2. The van der Waals surface area contributed by atoms with Crippen LogP contribution >= 0.6 is 23.2 Å². The van der Waals surface area contributed by atoms with Crippen LogP contribution in [0, 0.1) is 6.92 Å². The third kappa shape index (κ3) is 3.60. The summed E-state index contributed by atoms with van der Waals surface area (Å²) < 4.78 is 1.67. The molecule has 1 atom stereocenters. The number of fused-ring (bicyclic) bond motifs is 1. The number of hydrazone groups is 1. The van der Waals surface area contributed by atoms with Crippen molar-refractivity contribution in [3.63, 3.8) is 0 Å². The third-order valence-corrected chi connectivity index (χ3v) is 6.15. The molecule has 1 aliphatic rings. The van der Waals surface area contributed by atoms with E-state index in [1.165, 1.54) is 0 Å². The van der Waals surface area contributed by atoms with Crippen molar-refractivity contribution < 1.29 is 0 Å². The number of nitrogens with one attached hydrogen (secondary N) is 1. The molecule has 0 amide bonds. The van der Waals surface area contributed by atoms with Gasteiger partial charge in [0.15, 0.2) is 0 Å². The monoisotopic (exact) mass is 448 g/mol. The molecule has 0 aliphatic carbocycles. The zero-order valence-corrected chi connectivity index (χ0v) is 18.2. The fourth-order valence-corrected chi connectivity index (χ4v) is 4.07. The van der Waals surface area contributed by atoms with Crippen LogP contribution in [0.15, 0.2) is 76.6 Å². The second-order valence-corrected chi connectivity index (χ2v) is 8.35. The summed E-state index contributed by atoms with van der Waals surface area (Å²) in [6, 6.07) is 20.4. The smallest absolute Gasteiger partial charge is 0.266 e. The first-order valence-corrected chi connectivity index (χ1v) is 10.6. The van der Waals surface area contributed by atoms with E-state index >= 15 is 0 Å². The van der Waals surface area contributed by atoms with Crippen LogP contribution < -0.4 is 11.0 Å². The van der Waals surface area contributed by atoms with Gasteiger partial charge in [0, 0.05) is 6.42 Å². The summed E-state index contributed by atoms with van der Waals surface area (Å²) in [5.74, 6) is 0.617. The van der Waals surface area contributed by atoms with Gasteiger partial charge < -0.3 is 0 Å². The highest BCUT2D eigenvalue weighted by atomic mass is 35.5. The van der Waals surface area contributed by atoms with Gasteiger partial charge in [-0.2, -0.15) is 5.10 Å². The Hall–Kier alpha value is -3.15. The number of nitrogens with zero attached hydrogens (tertiary/aromatic N) is 3. The maximum Gasteiger partial charge on any atom is 0.266 e. The summed E-state index contributed by atoms with van der Waals surface area (Å²) >= 11 is 12.2. The van der Waals surface area contributed by atoms with Crippen LogP contribution in [0.4, 0.5) is 0 Å². The highest BCUT2D eigenvalue weighted by molar-refractivity contribution is 6.42.